The molecule has 3 atom stereocenters. The van der Waals surface area contributed by atoms with E-state index in [4.69, 9.17) is 14.2 Å². The average Bonchev–Trinajstić information content (AvgIpc) is 3.32. The van der Waals surface area contributed by atoms with Crippen LogP contribution in [0.25, 0.3) is 11.1 Å². The number of rotatable bonds is 8. The fourth-order valence-electron chi connectivity index (χ4n) is 4.06. The van der Waals surface area contributed by atoms with Crippen LogP contribution >= 0.6 is 0 Å². The first kappa shape index (κ1) is 21.9. The average molecular weight is 433 g/mol. The molecule has 0 N–H and O–H groups in total. The molecule has 2 aromatic rings. The summed E-state index contributed by atoms with van der Waals surface area (Å²) in [5, 5.41) is 0. The molecule has 0 aliphatic carbocycles. The Morgan fingerprint density at radius 2 is 1.50 bits per heavy atom. The van der Waals surface area contributed by atoms with Crippen molar-refractivity contribution >= 4 is 11.9 Å². The minimum absolute atomic E-state index is 0.188. The van der Waals surface area contributed by atoms with Crippen molar-refractivity contribution in [1.29, 1.82) is 0 Å². The Kier molecular flexibility index (Phi) is 6.45. The van der Waals surface area contributed by atoms with E-state index in [2.05, 4.69) is 20.1 Å². The Morgan fingerprint density at radius 1 is 0.906 bits per heavy atom. The van der Waals surface area contributed by atoms with Gasteiger partial charge in [0.15, 0.2) is 0 Å². The molecule has 0 radical (unpaired) electrons. The van der Waals surface area contributed by atoms with Crippen LogP contribution in [0.15, 0.2) is 72.8 Å². The maximum atomic E-state index is 11.8. The number of unbranched alkanes of at least 4 members (excludes halogenated alkanes) is 1. The first-order chi connectivity index (χ1) is 15.4. The Bertz CT molecular complexity index is 987. The lowest BCUT2D eigenvalue weighted by Crippen LogP contribution is -2.31. The smallest absolute Gasteiger partial charge is 0.334 e. The number of carbonyl (C=O) groups excluding carboxylic acids is 2. The summed E-state index contributed by atoms with van der Waals surface area (Å²) in [4.78, 5) is 23.3. The molecule has 2 aliphatic heterocycles. The summed E-state index contributed by atoms with van der Waals surface area (Å²) in [5.41, 5.74) is 4.11. The Labute approximate surface area is 188 Å². The van der Waals surface area contributed by atoms with E-state index in [1.807, 2.05) is 48.5 Å². The van der Waals surface area contributed by atoms with Crippen LogP contribution < -0.4 is 4.74 Å². The maximum absolute atomic E-state index is 11.8. The van der Waals surface area contributed by atoms with Crippen molar-refractivity contribution in [2.24, 2.45) is 0 Å². The number of esters is 2. The lowest BCUT2D eigenvalue weighted by Gasteiger charge is -2.23. The topological polar surface area (TPSA) is 61.8 Å². The molecule has 2 heterocycles. The number of ether oxygens (including phenoxy) is 3. The summed E-state index contributed by atoms with van der Waals surface area (Å²) in [6.07, 6.45) is 3.20. The van der Waals surface area contributed by atoms with Gasteiger partial charge in [0.25, 0.3) is 0 Å². The lowest BCUT2D eigenvalue weighted by atomic mass is 10.00. The third kappa shape index (κ3) is 4.77. The molecule has 32 heavy (non-hydrogen) atoms. The summed E-state index contributed by atoms with van der Waals surface area (Å²) in [7, 11) is 0. The largest absolute Gasteiger partial charge is 0.487 e. The Balaban J connectivity index is 1.42. The van der Waals surface area contributed by atoms with Gasteiger partial charge in [-0.1, -0.05) is 62.9 Å². The number of cyclic esters (lactones) is 2. The molecule has 4 rings (SSSR count). The molecule has 2 saturated heterocycles. The van der Waals surface area contributed by atoms with E-state index in [1.165, 1.54) is 0 Å². The quantitative estimate of drug-likeness (QED) is 0.395. The minimum Gasteiger partial charge on any atom is -0.487 e. The predicted molar refractivity (Wildman–Crippen MR) is 122 cm³/mol. The summed E-state index contributed by atoms with van der Waals surface area (Å²) < 4.78 is 17.0. The van der Waals surface area contributed by atoms with Crippen LogP contribution in [-0.4, -0.2) is 24.1 Å². The van der Waals surface area contributed by atoms with E-state index in [9.17, 15) is 9.59 Å². The highest BCUT2D eigenvalue weighted by Crippen LogP contribution is 2.34. The van der Waals surface area contributed by atoms with Gasteiger partial charge in [0.2, 0.25) is 0 Å². The third-order valence-corrected chi connectivity index (χ3v) is 5.98. The van der Waals surface area contributed by atoms with Crippen molar-refractivity contribution < 1.29 is 23.8 Å². The molecule has 2 aromatic carbocycles. The van der Waals surface area contributed by atoms with Crippen LogP contribution in [0, 0.1) is 0 Å². The molecule has 2 aliphatic rings. The van der Waals surface area contributed by atoms with Crippen LogP contribution in [-0.2, 0) is 19.1 Å². The molecule has 2 fully saturated rings. The van der Waals surface area contributed by atoms with E-state index < -0.39 is 0 Å². The fraction of sp³-hybridized carbons (Fsp3) is 0.333. The van der Waals surface area contributed by atoms with Gasteiger partial charge in [-0.25, -0.2) is 9.59 Å². The second-order valence-electron chi connectivity index (χ2n) is 8.40. The minimum atomic E-state index is -0.324. The summed E-state index contributed by atoms with van der Waals surface area (Å²) in [5.74, 6) is 0.107. The van der Waals surface area contributed by atoms with Gasteiger partial charge >= 0.3 is 11.9 Å². The van der Waals surface area contributed by atoms with Gasteiger partial charge < -0.3 is 14.2 Å². The molecule has 166 valence electrons. The standard InChI is InChI=1S/C27H28O5/c1-4-5-6-23(25-16-18(3)27(29)32-25)30-22-13-11-20(12-14-22)19-7-9-21(10-8-19)24-15-17(2)26(28)31-24/h7-14,23-25H,2-6,15-16H2,1H3. The molecule has 5 heteroatoms. The highest BCUT2D eigenvalue weighted by Gasteiger charge is 2.35. The third-order valence-electron chi connectivity index (χ3n) is 5.98. The highest BCUT2D eigenvalue weighted by atomic mass is 16.6. The molecule has 5 nitrogen and oxygen atoms in total. The Morgan fingerprint density at radius 3 is 2.03 bits per heavy atom. The van der Waals surface area contributed by atoms with Crippen molar-refractivity contribution in [2.45, 2.75) is 57.3 Å². The van der Waals surface area contributed by atoms with Gasteiger partial charge in [-0.15, -0.1) is 0 Å². The summed E-state index contributed by atoms with van der Waals surface area (Å²) >= 11 is 0. The summed E-state index contributed by atoms with van der Waals surface area (Å²) in [6, 6.07) is 15.9. The zero-order chi connectivity index (χ0) is 22.7. The number of carbonyl (C=O) groups is 2. The maximum Gasteiger partial charge on any atom is 0.334 e. The van der Waals surface area contributed by atoms with Gasteiger partial charge in [0, 0.05) is 24.0 Å². The zero-order valence-electron chi connectivity index (χ0n) is 18.3. The lowest BCUT2D eigenvalue weighted by molar-refractivity contribution is -0.142. The zero-order valence-corrected chi connectivity index (χ0v) is 18.3. The predicted octanol–water partition coefficient (Wildman–Crippen LogP) is 5.71. The van der Waals surface area contributed by atoms with Crippen molar-refractivity contribution in [1.82, 2.24) is 0 Å². The first-order valence-corrected chi connectivity index (χ1v) is 11.1. The molecule has 0 bridgehead atoms. The molecule has 0 saturated carbocycles. The van der Waals surface area contributed by atoms with Crippen LogP contribution in [0.4, 0.5) is 0 Å². The van der Waals surface area contributed by atoms with Gasteiger partial charge in [0.05, 0.1) is 0 Å². The number of hydrogen-bond donors (Lipinski definition) is 0. The second-order valence-corrected chi connectivity index (χ2v) is 8.40. The fourth-order valence-corrected chi connectivity index (χ4v) is 4.06. The van der Waals surface area contributed by atoms with Crippen LogP contribution in [0.2, 0.25) is 0 Å². The van der Waals surface area contributed by atoms with Crippen molar-refractivity contribution in [2.75, 3.05) is 0 Å². The highest BCUT2D eigenvalue weighted by molar-refractivity contribution is 5.90. The monoisotopic (exact) mass is 432 g/mol. The molecule has 0 spiro atoms. The number of benzene rings is 2. The molecular formula is C27H28O5. The van der Waals surface area contributed by atoms with Crippen molar-refractivity contribution in [3.05, 3.63) is 78.4 Å². The summed E-state index contributed by atoms with van der Waals surface area (Å²) in [6.45, 7) is 9.65. The van der Waals surface area contributed by atoms with Gasteiger partial charge in [0.1, 0.15) is 24.1 Å². The number of hydrogen-bond acceptors (Lipinski definition) is 5. The van der Waals surface area contributed by atoms with Crippen molar-refractivity contribution in [3.63, 3.8) is 0 Å². The van der Waals surface area contributed by atoms with Gasteiger partial charge in [-0.3, -0.25) is 0 Å². The van der Waals surface area contributed by atoms with E-state index in [0.29, 0.717) is 24.0 Å². The van der Waals surface area contributed by atoms with Gasteiger partial charge in [-0.2, -0.15) is 0 Å². The molecule has 0 aromatic heterocycles. The van der Waals surface area contributed by atoms with Crippen LogP contribution in [0.1, 0.15) is 50.7 Å². The van der Waals surface area contributed by atoms with Crippen LogP contribution in [0.5, 0.6) is 5.75 Å². The molecule has 0 amide bonds. The van der Waals surface area contributed by atoms with Gasteiger partial charge in [-0.05, 0) is 41.7 Å². The van der Waals surface area contributed by atoms with E-state index in [1.54, 1.807) is 0 Å². The SMILES string of the molecule is C=C1CC(c2ccc(-c3ccc(OC(CCCC)C4CC(=C)C(=O)O4)cc3)cc2)OC1=O. The Hall–Kier alpha value is -3.34. The van der Waals surface area contributed by atoms with E-state index in [-0.39, 0.29) is 30.3 Å². The van der Waals surface area contributed by atoms with Crippen LogP contribution in [0.3, 0.4) is 0 Å². The first-order valence-electron chi connectivity index (χ1n) is 11.1. The molecular weight excluding hydrogens is 404 g/mol. The van der Waals surface area contributed by atoms with E-state index in [0.717, 1.165) is 41.7 Å². The second kappa shape index (κ2) is 9.43. The van der Waals surface area contributed by atoms with Crippen molar-refractivity contribution in [3.8, 4) is 16.9 Å². The van der Waals surface area contributed by atoms with E-state index >= 15 is 0 Å². The normalized spacial score (nSPS) is 21.4. The molecule has 3 unspecified atom stereocenters.